The Morgan fingerprint density at radius 3 is 2.65 bits per heavy atom. The van der Waals surface area contributed by atoms with E-state index in [4.69, 9.17) is 9.47 Å². The van der Waals surface area contributed by atoms with E-state index in [0.717, 1.165) is 30.2 Å². The molecule has 23 heavy (non-hydrogen) atoms. The van der Waals surface area contributed by atoms with Crippen LogP contribution in [0.25, 0.3) is 11.6 Å². The smallest absolute Gasteiger partial charge is 0.142 e. The van der Waals surface area contributed by atoms with Crippen molar-refractivity contribution < 1.29 is 9.47 Å². The third kappa shape index (κ3) is 2.62. The first-order valence-corrected chi connectivity index (χ1v) is 8.16. The average molecular weight is 307 g/mol. The lowest BCUT2D eigenvalue weighted by molar-refractivity contribution is 0.0985. The molecule has 2 heterocycles. The van der Waals surface area contributed by atoms with Crippen LogP contribution < -0.4 is 9.47 Å². The fourth-order valence-electron chi connectivity index (χ4n) is 3.14. The monoisotopic (exact) mass is 307 g/mol. The molecule has 3 heteroatoms. The Morgan fingerprint density at radius 2 is 1.87 bits per heavy atom. The van der Waals surface area contributed by atoms with Gasteiger partial charge in [-0.15, -0.1) is 0 Å². The van der Waals surface area contributed by atoms with Crippen molar-refractivity contribution >= 4 is 11.6 Å². The maximum atomic E-state index is 6.14. The van der Waals surface area contributed by atoms with Crippen molar-refractivity contribution in [2.75, 3.05) is 19.9 Å². The van der Waals surface area contributed by atoms with Gasteiger partial charge in [0.1, 0.15) is 24.8 Å². The van der Waals surface area contributed by atoms with Gasteiger partial charge in [-0.3, -0.25) is 4.90 Å². The lowest BCUT2D eigenvalue weighted by atomic mass is 9.97. The van der Waals surface area contributed by atoms with Crippen LogP contribution in [0.2, 0.25) is 0 Å². The van der Waals surface area contributed by atoms with Crippen LogP contribution in [0.3, 0.4) is 0 Å². The molecule has 0 atom stereocenters. The van der Waals surface area contributed by atoms with E-state index < -0.39 is 0 Å². The van der Waals surface area contributed by atoms with Crippen molar-refractivity contribution in [2.24, 2.45) is 0 Å². The van der Waals surface area contributed by atoms with E-state index in [1.807, 2.05) is 0 Å². The molecule has 2 aromatic rings. The standard InChI is InChI=1S/C20H21NO2/c1-3-21-11-18-19(23-13-21)9-8-16-10-17(12-22-20(16)18)15-6-4-14(2)5-7-15/h4-10H,3,11-13H2,1-2H3. The maximum absolute atomic E-state index is 6.14. The highest BCUT2D eigenvalue weighted by Crippen LogP contribution is 2.40. The predicted molar refractivity (Wildman–Crippen MR) is 92.6 cm³/mol. The molecule has 3 nitrogen and oxygen atoms in total. The first-order valence-electron chi connectivity index (χ1n) is 8.16. The largest absolute Gasteiger partial charge is 0.488 e. The predicted octanol–water partition coefficient (Wildman–Crippen LogP) is 4.10. The number of nitrogens with zero attached hydrogens (tertiary/aromatic N) is 1. The van der Waals surface area contributed by atoms with Crippen molar-refractivity contribution in [1.82, 2.24) is 4.90 Å². The van der Waals surface area contributed by atoms with Gasteiger partial charge in [-0.25, -0.2) is 0 Å². The summed E-state index contributed by atoms with van der Waals surface area (Å²) in [4.78, 5) is 2.27. The average Bonchev–Trinajstić information content (AvgIpc) is 2.61. The molecule has 2 aliphatic heterocycles. The van der Waals surface area contributed by atoms with Crippen molar-refractivity contribution in [3.8, 4) is 11.5 Å². The van der Waals surface area contributed by atoms with Crippen molar-refractivity contribution in [3.63, 3.8) is 0 Å². The summed E-state index contributed by atoms with van der Waals surface area (Å²) in [5.74, 6) is 1.94. The van der Waals surface area contributed by atoms with Gasteiger partial charge in [0.2, 0.25) is 0 Å². The van der Waals surface area contributed by atoms with E-state index in [2.05, 4.69) is 61.2 Å². The number of rotatable bonds is 2. The highest BCUT2D eigenvalue weighted by molar-refractivity contribution is 5.86. The summed E-state index contributed by atoms with van der Waals surface area (Å²) in [7, 11) is 0. The second-order valence-corrected chi connectivity index (χ2v) is 6.20. The van der Waals surface area contributed by atoms with Crippen molar-refractivity contribution in [1.29, 1.82) is 0 Å². The first kappa shape index (κ1) is 14.3. The van der Waals surface area contributed by atoms with Gasteiger partial charge in [0.05, 0.1) is 5.56 Å². The van der Waals surface area contributed by atoms with Crippen LogP contribution in [-0.2, 0) is 6.54 Å². The highest BCUT2D eigenvalue weighted by atomic mass is 16.5. The number of ether oxygens (including phenoxy) is 2. The molecule has 0 aliphatic carbocycles. The van der Waals surface area contributed by atoms with Crippen LogP contribution in [0.15, 0.2) is 36.4 Å². The minimum atomic E-state index is 0.610. The molecule has 2 aliphatic rings. The molecule has 0 saturated carbocycles. The highest BCUT2D eigenvalue weighted by Gasteiger charge is 2.24. The van der Waals surface area contributed by atoms with E-state index in [0.29, 0.717) is 13.3 Å². The zero-order valence-corrected chi connectivity index (χ0v) is 13.6. The van der Waals surface area contributed by atoms with E-state index in [1.54, 1.807) is 0 Å². The van der Waals surface area contributed by atoms with Gasteiger partial charge in [0.15, 0.2) is 0 Å². The number of fused-ring (bicyclic) bond motifs is 3. The van der Waals surface area contributed by atoms with Crippen molar-refractivity contribution in [3.05, 3.63) is 58.7 Å². The molecule has 0 bridgehead atoms. The van der Waals surface area contributed by atoms with Crippen molar-refractivity contribution in [2.45, 2.75) is 20.4 Å². The number of hydrogen-bond donors (Lipinski definition) is 0. The van der Waals surface area contributed by atoms with Gasteiger partial charge in [-0.05, 0) is 42.8 Å². The van der Waals surface area contributed by atoms with Gasteiger partial charge < -0.3 is 9.47 Å². The number of hydrogen-bond acceptors (Lipinski definition) is 3. The third-order valence-corrected chi connectivity index (χ3v) is 4.60. The zero-order chi connectivity index (χ0) is 15.8. The molecule has 0 amide bonds. The van der Waals surface area contributed by atoms with Gasteiger partial charge in [0.25, 0.3) is 0 Å². The molecular formula is C20H21NO2. The van der Waals surface area contributed by atoms with E-state index >= 15 is 0 Å². The van der Waals surface area contributed by atoms with Gasteiger partial charge in [-0.2, -0.15) is 0 Å². The summed E-state index contributed by atoms with van der Waals surface area (Å²) < 4.78 is 12.0. The molecule has 0 saturated heterocycles. The molecule has 4 rings (SSSR count). The number of aryl methyl sites for hydroxylation is 1. The van der Waals surface area contributed by atoms with E-state index in [1.165, 1.54) is 22.3 Å². The lowest BCUT2D eigenvalue weighted by Crippen LogP contribution is -2.32. The molecule has 0 fully saturated rings. The summed E-state index contributed by atoms with van der Waals surface area (Å²) in [5.41, 5.74) is 6.05. The SMILES string of the molecule is CCN1COc2ccc3c(c2C1)OCC(c1ccc(C)cc1)=C3. The number of benzene rings is 2. The molecular weight excluding hydrogens is 286 g/mol. The second-order valence-electron chi connectivity index (χ2n) is 6.20. The van der Waals surface area contributed by atoms with Crippen LogP contribution in [0.5, 0.6) is 11.5 Å². The second kappa shape index (κ2) is 5.74. The molecule has 0 aromatic heterocycles. The summed E-state index contributed by atoms with van der Waals surface area (Å²) in [6, 6.07) is 12.8. The Kier molecular flexibility index (Phi) is 3.58. The fraction of sp³-hybridized carbons (Fsp3) is 0.300. The Labute approximate surface area is 137 Å². The minimum absolute atomic E-state index is 0.610. The Balaban J connectivity index is 1.72. The maximum Gasteiger partial charge on any atom is 0.142 e. The quantitative estimate of drug-likeness (QED) is 0.834. The minimum Gasteiger partial charge on any atom is -0.488 e. The van der Waals surface area contributed by atoms with Crippen LogP contribution in [0.4, 0.5) is 0 Å². The zero-order valence-electron chi connectivity index (χ0n) is 13.6. The topological polar surface area (TPSA) is 21.7 Å². The molecule has 0 unspecified atom stereocenters. The van der Waals surface area contributed by atoms with Gasteiger partial charge in [-0.1, -0.05) is 36.8 Å². The molecule has 0 N–H and O–H groups in total. The van der Waals surface area contributed by atoms with Crippen LogP contribution in [-0.4, -0.2) is 24.8 Å². The summed E-state index contributed by atoms with van der Waals surface area (Å²) in [6.07, 6.45) is 2.24. The third-order valence-electron chi connectivity index (χ3n) is 4.60. The Morgan fingerprint density at radius 1 is 1.04 bits per heavy atom. The Hall–Kier alpha value is -2.26. The molecule has 0 spiro atoms. The Bertz CT molecular complexity index is 762. The summed E-state index contributed by atoms with van der Waals surface area (Å²) >= 11 is 0. The molecule has 118 valence electrons. The lowest BCUT2D eigenvalue weighted by Gasteiger charge is -2.31. The van der Waals surface area contributed by atoms with Gasteiger partial charge in [0, 0.05) is 12.1 Å². The van der Waals surface area contributed by atoms with Crippen LogP contribution in [0, 0.1) is 6.92 Å². The molecule has 0 radical (unpaired) electrons. The fourth-order valence-corrected chi connectivity index (χ4v) is 3.14. The van der Waals surface area contributed by atoms with E-state index in [9.17, 15) is 0 Å². The first-order chi connectivity index (χ1) is 11.2. The summed E-state index contributed by atoms with van der Waals surface area (Å²) in [5, 5.41) is 0. The van der Waals surface area contributed by atoms with Gasteiger partial charge >= 0.3 is 0 Å². The molecule has 2 aromatic carbocycles. The summed E-state index contributed by atoms with van der Waals surface area (Å²) in [6.45, 7) is 7.40. The van der Waals surface area contributed by atoms with Crippen LogP contribution in [0.1, 0.15) is 29.2 Å². The van der Waals surface area contributed by atoms with E-state index in [-0.39, 0.29) is 0 Å². The van der Waals surface area contributed by atoms with Crippen LogP contribution >= 0.6 is 0 Å². The normalized spacial score (nSPS) is 16.7.